The van der Waals surface area contributed by atoms with Crippen molar-refractivity contribution in [2.45, 2.75) is 39.3 Å². The average molecular weight is 551 g/mol. The number of aromatic nitrogens is 2. The highest BCUT2D eigenvalue weighted by Crippen LogP contribution is 2.20. The van der Waals surface area contributed by atoms with Gasteiger partial charge in [0.1, 0.15) is 24.2 Å². The Balaban J connectivity index is 1.51. The van der Waals surface area contributed by atoms with Gasteiger partial charge in [-0.15, -0.1) is 0 Å². The molecule has 12 nitrogen and oxygen atoms in total. The molecular weight excluding hydrogens is 516 g/mol. The molecule has 0 spiro atoms. The molecule has 4 amide bonds. The van der Waals surface area contributed by atoms with Crippen LogP contribution in [-0.4, -0.2) is 88.5 Å². The number of nitrogens with zero attached hydrogens (tertiary/aromatic N) is 2. The first-order valence-corrected chi connectivity index (χ1v) is 13.1. The molecule has 212 valence electrons. The fraction of sp³-hybridized carbons (Fsp3) is 0.393. The quantitative estimate of drug-likeness (QED) is 0.314. The second-order valence-corrected chi connectivity index (χ2v) is 9.83. The molecule has 0 aliphatic carbocycles. The number of amides is 4. The number of hydrogen-bond donors (Lipinski definition) is 5. The number of ether oxygens (including phenoxy) is 1. The highest BCUT2D eigenvalue weighted by atomic mass is 16.5. The molecule has 2 bridgehead atoms. The van der Waals surface area contributed by atoms with E-state index in [9.17, 15) is 24.3 Å². The molecule has 12 heteroatoms. The van der Waals surface area contributed by atoms with Crippen molar-refractivity contribution in [2.75, 3.05) is 32.8 Å². The maximum Gasteiger partial charge on any atom is 0.252 e. The average Bonchev–Trinajstić information content (AvgIpc) is 3.28. The number of benzene rings is 2. The minimum Gasteiger partial charge on any atom is -0.491 e. The van der Waals surface area contributed by atoms with E-state index in [0.29, 0.717) is 5.75 Å². The highest BCUT2D eigenvalue weighted by molar-refractivity contribution is 5.98. The minimum atomic E-state index is -1.23. The second kappa shape index (κ2) is 12.6. The normalized spacial score (nSPS) is 18.2. The predicted octanol–water partition coefficient (Wildman–Crippen LogP) is 0.355. The molecule has 2 heterocycles. The number of carbonyl (C=O) groups excluding carboxylic acids is 4. The lowest BCUT2D eigenvalue weighted by Gasteiger charge is -2.24. The van der Waals surface area contributed by atoms with Crippen molar-refractivity contribution in [1.82, 2.24) is 30.8 Å². The van der Waals surface area contributed by atoms with Crippen LogP contribution in [0.25, 0.3) is 11.0 Å². The molecule has 3 aromatic rings. The van der Waals surface area contributed by atoms with Crippen molar-refractivity contribution in [3.05, 3.63) is 58.9 Å². The Hall–Kier alpha value is -4.45. The SMILES string of the molecule is Cc1nc2ccc(CC(=O)N3CCNC(=O)[C@H]([C@@H](C)O)NC(=O)c4ccc(C)c(c4)OCCNC(=O)C3)cc2[nH]1. The van der Waals surface area contributed by atoms with E-state index >= 15 is 0 Å². The van der Waals surface area contributed by atoms with Crippen molar-refractivity contribution >= 4 is 34.7 Å². The van der Waals surface area contributed by atoms with E-state index in [1.807, 2.05) is 32.0 Å². The molecular formula is C28H34N6O6. The van der Waals surface area contributed by atoms with Gasteiger partial charge in [-0.2, -0.15) is 0 Å². The highest BCUT2D eigenvalue weighted by Gasteiger charge is 2.27. The van der Waals surface area contributed by atoms with Crippen LogP contribution in [-0.2, 0) is 20.8 Å². The van der Waals surface area contributed by atoms with Gasteiger partial charge in [0.2, 0.25) is 17.7 Å². The van der Waals surface area contributed by atoms with E-state index in [2.05, 4.69) is 25.9 Å². The third kappa shape index (κ3) is 7.14. The molecule has 0 unspecified atom stereocenters. The molecule has 0 saturated carbocycles. The van der Waals surface area contributed by atoms with Gasteiger partial charge in [-0.25, -0.2) is 4.98 Å². The summed E-state index contributed by atoms with van der Waals surface area (Å²) in [5.41, 5.74) is 3.39. The number of carbonyl (C=O) groups is 4. The van der Waals surface area contributed by atoms with Crippen molar-refractivity contribution in [2.24, 2.45) is 0 Å². The summed E-state index contributed by atoms with van der Waals surface area (Å²) in [6.45, 7) is 5.23. The molecule has 40 heavy (non-hydrogen) atoms. The number of aromatic amines is 1. The van der Waals surface area contributed by atoms with E-state index in [1.54, 1.807) is 18.2 Å². The Kier molecular flexibility index (Phi) is 9.00. The van der Waals surface area contributed by atoms with Crippen molar-refractivity contribution in [3.63, 3.8) is 0 Å². The number of rotatable bonds is 3. The van der Waals surface area contributed by atoms with Crippen LogP contribution in [0.15, 0.2) is 36.4 Å². The topological polar surface area (TPSA) is 166 Å². The summed E-state index contributed by atoms with van der Waals surface area (Å²) in [5, 5.41) is 18.2. The Morgan fingerprint density at radius 1 is 1.12 bits per heavy atom. The number of hydrogen-bond acceptors (Lipinski definition) is 7. The fourth-order valence-electron chi connectivity index (χ4n) is 4.40. The largest absolute Gasteiger partial charge is 0.491 e. The van der Waals surface area contributed by atoms with Gasteiger partial charge in [-0.3, -0.25) is 19.2 Å². The van der Waals surface area contributed by atoms with Crippen LogP contribution >= 0.6 is 0 Å². The number of aryl methyl sites for hydroxylation is 2. The van der Waals surface area contributed by atoms with Crippen LogP contribution in [0.1, 0.15) is 34.2 Å². The third-order valence-electron chi connectivity index (χ3n) is 6.57. The first-order chi connectivity index (χ1) is 19.1. The molecule has 4 rings (SSSR count). The summed E-state index contributed by atoms with van der Waals surface area (Å²) >= 11 is 0. The zero-order chi connectivity index (χ0) is 28.8. The maximum absolute atomic E-state index is 13.3. The molecule has 0 fully saturated rings. The summed E-state index contributed by atoms with van der Waals surface area (Å²) < 4.78 is 5.77. The molecule has 5 N–H and O–H groups in total. The molecule has 2 atom stereocenters. The van der Waals surface area contributed by atoms with Gasteiger partial charge in [0.25, 0.3) is 5.91 Å². The van der Waals surface area contributed by atoms with Gasteiger partial charge < -0.3 is 35.7 Å². The summed E-state index contributed by atoms with van der Waals surface area (Å²) in [4.78, 5) is 60.6. The summed E-state index contributed by atoms with van der Waals surface area (Å²) in [7, 11) is 0. The van der Waals surface area contributed by atoms with Gasteiger partial charge >= 0.3 is 0 Å². The van der Waals surface area contributed by atoms with Crippen molar-refractivity contribution in [3.8, 4) is 5.75 Å². The first-order valence-electron chi connectivity index (χ1n) is 13.1. The number of aliphatic hydroxyl groups excluding tert-OH is 1. The Morgan fingerprint density at radius 2 is 1.93 bits per heavy atom. The van der Waals surface area contributed by atoms with E-state index in [4.69, 9.17) is 4.74 Å². The van der Waals surface area contributed by atoms with Crippen LogP contribution in [0.3, 0.4) is 0 Å². The van der Waals surface area contributed by atoms with Crippen molar-refractivity contribution < 1.29 is 29.0 Å². The second-order valence-electron chi connectivity index (χ2n) is 9.83. The number of imidazole rings is 1. The van der Waals surface area contributed by atoms with E-state index in [1.165, 1.54) is 11.8 Å². The molecule has 2 aromatic carbocycles. The van der Waals surface area contributed by atoms with E-state index < -0.39 is 24.0 Å². The lowest BCUT2D eigenvalue weighted by Crippen LogP contribution is -2.53. The number of aliphatic hydroxyl groups is 1. The summed E-state index contributed by atoms with van der Waals surface area (Å²) in [5.74, 6) is -0.637. The van der Waals surface area contributed by atoms with Crippen molar-refractivity contribution in [1.29, 1.82) is 0 Å². The zero-order valence-electron chi connectivity index (χ0n) is 22.7. The van der Waals surface area contributed by atoms with Gasteiger partial charge in [0.05, 0.1) is 36.6 Å². The Labute approximate surface area is 231 Å². The zero-order valence-corrected chi connectivity index (χ0v) is 22.7. The lowest BCUT2D eigenvalue weighted by molar-refractivity contribution is -0.135. The van der Waals surface area contributed by atoms with Gasteiger partial charge in [0.15, 0.2) is 0 Å². The summed E-state index contributed by atoms with van der Waals surface area (Å²) in [6, 6.07) is 9.11. The molecule has 0 saturated heterocycles. The van der Waals surface area contributed by atoms with Gasteiger partial charge in [0, 0.05) is 18.7 Å². The van der Waals surface area contributed by atoms with E-state index in [0.717, 1.165) is 28.0 Å². The van der Waals surface area contributed by atoms with Crippen LogP contribution in [0, 0.1) is 13.8 Å². The van der Waals surface area contributed by atoms with Gasteiger partial charge in [-0.1, -0.05) is 12.1 Å². The van der Waals surface area contributed by atoms with Crippen LogP contribution in [0.4, 0.5) is 0 Å². The monoisotopic (exact) mass is 550 g/mol. The van der Waals surface area contributed by atoms with Crippen LogP contribution in [0.2, 0.25) is 0 Å². The molecule has 1 aromatic heterocycles. The van der Waals surface area contributed by atoms with E-state index in [-0.39, 0.29) is 56.6 Å². The Bertz CT molecular complexity index is 1420. The van der Waals surface area contributed by atoms with Crippen LogP contribution < -0.4 is 20.7 Å². The number of H-pyrrole nitrogens is 1. The fourth-order valence-corrected chi connectivity index (χ4v) is 4.40. The van der Waals surface area contributed by atoms with Gasteiger partial charge in [-0.05, 0) is 56.2 Å². The first kappa shape index (κ1) is 28.6. The molecule has 1 aliphatic rings. The van der Waals surface area contributed by atoms with Crippen LogP contribution in [0.5, 0.6) is 5.75 Å². The maximum atomic E-state index is 13.3. The smallest absolute Gasteiger partial charge is 0.252 e. The predicted molar refractivity (Wildman–Crippen MR) is 147 cm³/mol. The molecule has 1 aliphatic heterocycles. The summed E-state index contributed by atoms with van der Waals surface area (Å²) in [6.07, 6.45) is -1.14. The Morgan fingerprint density at radius 3 is 2.70 bits per heavy atom. The number of fused-ring (bicyclic) bond motifs is 3. The number of nitrogens with one attached hydrogen (secondary N) is 4. The molecule has 0 radical (unpaired) electrons. The minimum absolute atomic E-state index is 0.00745. The third-order valence-corrected chi connectivity index (χ3v) is 6.57. The standard InChI is InChI=1S/C28H34N6O6/c1-16-4-6-20-14-23(16)40-11-9-29-24(36)15-34(10-8-30-28(39)26(17(2)35)33-27(20)38)25(37)13-19-5-7-21-22(12-19)32-18(3)31-21/h4-7,12,14,17,26,35H,8-11,13,15H2,1-3H3,(H,29,36)(H,30,39)(H,31,32)(H,33,38)/t17-,26+/m1/s1. The lowest BCUT2D eigenvalue weighted by atomic mass is 10.1.